The standard InChI is InChI=1S/C24H35N5O2/c1-3-28-22-16-18(8-9-20(22)29-21(24(28)31)10-11-25-29)23(30)27-14-12-26(13-15-27)19-7-5-4-6-17(19)2/h4-7,18,20-22,25H,3,8-16H2,1-2H3. The molecule has 1 aromatic rings. The summed E-state index contributed by atoms with van der Waals surface area (Å²) in [5.74, 6) is 0.573. The topological polar surface area (TPSA) is 59.1 Å². The maximum Gasteiger partial charge on any atom is 0.241 e. The van der Waals surface area contributed by atoms with Crippen LogP contribution in [0.2, 0.25) is 0 Å². The molecule has 4 atom stereocenters. The van der Waals surface area contributed by atoms with Crippen molar-refractivity contribution in [1.29, 1.82) is 0 Å². The first-order valence-corrected chi connectivity index (χ1v) is 12.0. The molecule has 2 amide bonds. The minimum atomic E-state index is -0.0111. The predicted molar refractivity (Wildman–Crippen MR) is 121 cm³/mol. The summed E-state index contributed by atoms with van der Waals surface area (Å²) in [6, 6.07) is 8.96. The van der Waals surface area contributed by atoms with Crippen LogP contribution in [0.5, 0.6) is 0 Å². The van der Waals surface area contributed by atoms with E-state index in [4.69, 9.17) is 0 Å². The molecule has 3 aliphatic heterocycles. The summed E-state index contributed by atoms with van der Waals surface area (Å²) in [6.45, 7) is 9.17. The highest BCUT2D eigenvalue weighted by molar-refractivity contribution is 5.84. The lowest BCUT2D eigenvalue weighted by Crippen LogP contribution is -2.68. The number of hydrazine groups is 1. The van der Waals surface area contributed by atoms with Crippen LogP contribution in [0.1, 0.15) is 38.2 Å². The number of aryl methyl sites for hydroxylation is 1. The Bertz CT molecular complexity index is 837. The van der Waals surface area contributed by atoms with Crippen molar-refractivity contribution in [2.75, 3.05) is 44.2 Å². The molecule has 1 saturated carbocycles. The van der Waals surface area contributed by atoms with Crippen LogP contribution in [0.25, 0.3) is 0 Å². The summed E-state index contributed by atoms with van der Waals surface area (Å²) in [5, 5.41) is 2.22. The van der Waals surface area contributed by atoms with E-state index in [-0.39, 0.29) is 23.9 Å². The van der Waals surface area contributed by atoms with Gasteiger partial charge in [-0.05, 0) is 51.2 Å². The molecule has 0 radical (unpaired) electrons. The molecule has 7 nitrogen and oxygen atoms in total. The zero-order chi connectivity index (χ0) is 21.5. The normalized spacial score (nSPS) is 31.5. The molecule has 31 heavy (non-hydrogen) atoms. The second kappa shape index (κ2) is 8.43. The van der Waals surface area contributed by atoms with Crippen molar-refractivity contribution in [2.24, 2.45) is 5.92 Å². The Kier molecular flexibility index (Phi) is 5.65. The highest BCUT2D eigenvalue weighted by atomic mass is 16.2. The SMILES string of the molecule is CCN1C(=O)C2CCNN2C2CCC(C(=O)N3CCN(c4ccccc4C)CC3)CC21. The van der Waals surface area contributed by atoms with E-state index in [1.54, 1.807) is 0 Å². The Morgan fingerprint density at radius 3 is 2.58 bits per heavy atom. The zero-order valence-electron chi connectivity index (χ0n) is 18.8. The van der Waals surface area contributed by atoms with E-state index in [2.05, 4.69) is 63.2 Å². The first kappa shape index (κ1) is 20.8. The van der Waals surface area contributed by atoms with Crippen LogP contribution in [0, 0.1) is 12.8 Å². The first-order valence-electron chi connectivity index (χ1n) is 12.0. The fourth-order valence-corrected chi connectivity index (χ4v) is 6.27. The highest BCUT2D eigenvalue weighted by Gasteiger charge is 2.51. The van der Waals surface area contributed by atoms with Crippen LogP contribution in [-0.4, -0.2) is 84.0 Å². The van der Waals surface area contributed by atoms with Gasteiger partial charge in [0.2, 0.25) is 11.8 Å². The Hall–Kier alpha value is -2.12. The molecule has 7 heteroatoms. The molecule has 0 bridgehead atoms. The number of carbonyl (C=O) groups excluding carboxylic acids is 2. The van der Waals surface area contributed by atoms with E-state index in [0.29, 0.717) is 11.9 Å². The number of nitrogens with one attached hydrogen (secondary N) is 1. The van der Waals surface area contributed by atoms with E-state index in [0.717, 1.165) is 65.0 Å². The summed E-state index contributed by atoms with van der Waals surface area (Å²) in [7, 11) is 0. The molecule has 0 spiro atoms. The fraction of sp³-hybridized carbons (Fsp3) is 0.667. The highest BCUT2D eigenvalue weighted by Crippen LogP contribution is 2.38. The van der Waals surface area contributed by atoms with Gasteiger partial charge in [-0.3, -0.25) is 15.0 Å². The van der Waals surface area contributed by atoms with E-state index >= 15 is 0 Å². The Labute approximate surface area is 185 Å². The number of fused-ring (bicyclic) bond motifs is 3. The molecule has 4 fully saturated rings. The van der Waals surface area contributed by atoms with Crippen LogP contribution in [0.3, 0.4) is 0 Å². The van der Waals surface area contributed by atoms with Crippen LogP contribution < -0.4 is 10.3 Å². The number of benzene rings is 1. The number of carbonyl (C=O) groups is 2. The largest absolute Gasteiger partial charge is 0.368 e. The zero-order valence-corrected chi connectivity index (χ0v) is 18.8. The number of piperazine rings is 2. The number of hydrogen-bond donors (Lipinski definition) is 1. The van der Waals surface area contributed by atoms with Gasteiger partial charge in [-0.2, -0.15) is 0 Å². The molecule has 1 N–H and O–H groups in total. The number of para-hydroxylation sites is 1. The third kappa shape index (κ3) is 3.61. The maximum absolute atomic E-state index is 13.4. The van der Waals surface area contributed by atoms with Crippen molar-refractivity contribution in [3.05, 3.63) is 29.8 Å². The number of rotatable bonds is 3. The van der Waals surface area contributed by atoms with Crippen molar-refractivity contribution in [2.45, 2.75) is 57.7 Å². The lowest BCUT2D eigenvalue weighted by atomic mass is 9.78. The average molecular weight is 426 g/mol. The second-order valence-corrected chi connectivity index (χ2v) is 9.49. The van der Waals surface area contributed by atoms with Gasteiger partial charge >= 0.3 is 0 Å². The van der Waals surface area contributed by atoms with Gasteiger partial charge in [-0.15, -0.1) is 0 Å². The third-order valence-electron chi connectivity index (χ3n) is 7.89. The van der Waals surface area contributed by atoms with E-state index in [1.165, 1.54) is 11.3 Å². The molecule has 4 aliphatic rings. The first-order chi connectivity index (χ1) is 15.1. The third-order valence-corrected chi connectivity index (χ3v) is 7.89. The van der Waals surface area contributed by atoms with Crippen LogP contribution in [0.15, 0.2) is 24.3 Å². The molecule has 0 aromatic heterocycles. The van der Waals surface area contributed by atoms with Gasteiger partial charge in [-0.25, -0.2) is 5.01 Å². The summed E-state index contributed by atoms with van der Waals surface area (Å²) in [6.07, 6.45) is 3.60. The molecule has 3 saturated heterocycles. The number of anilines is 1. The van der Waals surface area contributed by atoms with Gasteiger partial charge in [-0.1, -0.05) is 18.2 Å². The summed E-state index contributed by atoms with van der Waals surface area (Å²) >= 11 is 0. The summed E-state index contributed by atoms with van der Waals surface area (Å²) in [4.78, 5) is 33.0. The van der Waals surface area contributed by atoms with Crippen molar-refractivity contribution < 1.29 is 9.59 Å². The number of nitrogens with zero attached hydrogens (tertiary/aromatic N) is 4. The van der Waals surface area contributed by atoms with Crippen molar-refractivity contribution in [1.82, 2.24) is 20.2 Å². The maximum atomic E-state index is 13.4. The van der Waals surface area contributed by atoms with Gasteiger partial charge in [0.25, 0.3) is 0 Å². The predicted octanol–water partition coefficient (Wildman–Crippen LogP) is 1.62. The molecular formula is C24H35N5O2. The van der Waals surface area contributed by atoms with Crippen molar-refractivity contribution >= 4 is 17.5 Å². The van der Waals surface area contributed by atoms with E-state index in [1.807, 2.05) is 0 Å². The van der Waals surface area contributed by atoms with Gasteiger partial charge in [0.05, 0.1) is 0 Å². The fourth-order valence-electron chi connectivity index (χ4n) is 6.27. The molecule has 1 aromatic carbocycles. The summed E-state index contributed by atoms with van der Waals surface area (Å²) in [5.41, 5.74) is 6.02. The van der Waals surface area contributed by atoms with Crippen LogP contribution >= 0.6 is 0 Å². The van der Waals surface area contributed by atoms with Gasteiger partial charge < -0.3 is 14.7 Å². The molecule has 5 rings (SSSR count). The van der Waals surface area contributed by atoms with Crippen molar-refractivity contribution in [3.8, 4) is 0 Å². The molecule has 3 heterocycles. The minimum absolute atomic E-state index is 0.0111. The van der Waals surface area contributed by atoms with Gasteiger partial charge in [0, 0.05) is 63.0 Å². The van der Waals surface area contributed by atoms with E-state index < -0.39 is 0 Å². The average Bonchev–Trinajstić information content (AvgIpc) is 3.30. The molecular weight excluding hydrogens is 390 g/mol. The molecule has 4 unspecified atom stereocenters. The second-order valence-electron chi connectivity index (χ2n) is 9.49. The Balaban J connectivity index is 1.23. The Morgan fingerprint density at radius 2 is 1.84 bits per heavy atom. The lowest BCUT2D eigenvalue weighted by molar-refractivity contribution is -0.157. The monoisotopic (exact) mass is 425 g/mol. The van der Waals surface area contributed by atoms with Crippen LogP contribution in [-0.2, 0) is 9.59 Å². The molecule has 168 valence electrons. The number of hydrogen-bond acceptors (Lipinski definition) is 5. The minimum Gasteiger partial charge on any atom is -0.368 e. The quantitative estimate of drug-likeness (QED) is 0.798. The van der Waals surface area contributed by atoms with E-state index in [9.17, 15) is 9.59 Å². The molecule has 1 aliphatic carbocycles. The Morgan fingerprint density at radius 1 is 1.06 bits per heavy atom. The lowest BCUT2D eigenvalue weighted by Gasteiger charge is -2.52. The number of amides is 2. The smallest absolute Gasteiger partial charge is 0.241 e. The summed E-state index contributed by atoms with van der Waals surface area (Å²) < 4.78 is 0. The van der Waals surface area contributed by atoms with Crippen molar-refractivity contribution in [3.63, 3.8) is 0 Å². The number of likely N-dealkylation sites (N-methyl/N-ethyl adjacent to an activating group) is 1. The van der Waals surface area contributed by atoms with Crippen LogP contribution in [0.4, 0.5) is 5.69 Å². The van der Waals surface area contributed by atoms with Gasteiger partial charge in [0.1, 0.15) is 6.04 Å². The van der Waals surface area contributed by atoms with Gasteiger partial charge in [0.15, 0.2) is 0 Å².